The van der Waals surface area contributed by atoms with Gasteiger partial charge in [0, 0.05) is 29.2 Å². The molecule has 1 atom stereocenters. The van der Waals surface area contributed by atoms with Crippen LogP contribution in [0.2, 0.25) is 0 Å². The first-order chi connectivity index (χ1) is 16.7. The number of phenolic OH excluding ortho intramolecular Hbond substituents is 3. The van der Waals surface area contributed by atoms with Crippen molar-refractivity contribution >= 4 is 16.9 Å². The largest absolute Gasteiger partial charge is 0.507 e. The van der Waals surface area contributed by atoms with Crippen LogP contribution >= 0.6 is 0 Å². The molecule has 10 heteroatoms. The van der Waals surface area contributed by atoms with Crippen LogP contribution < -0.4 is 14.9 Å². The lowest BCUT2D eigenvalue weighted by Gasteiger charge is -2.26. The molecule has 0 saturated heterocycles. The van der Waals surface area contributed by atoms with Gasteiger partial charge in [0.05, 0.1) is 6.42 Å². The SMILES string of the molecule is O=C1C[C@@H](c2cccc(OC(F)F)c2)c2c(cc(O)c3c(=O)cc(-c4ccc(O)c(O)c4)oc23)O1. The van der Waals surface area contributed by atoms with E-state index in [-0.39, 0.29) is 51.5 Å². The number of carbonyl (C=O) groups excluding carboxylic acids is 1. The predicted molar refractivity (Wildman–Crippen MR) is 118 cm³/mol. The molecule has 1 aliphatic rings. The minimum atomic E-state index is -3.05. The summed E-state index contributed by atoms with van der Waals surface area (Å²) in [6, 6.07) is 11.8. The zero-order valence-corrected chi connectivity index (χ0v) is 17.7. The van der Waals surface area contributed by atoms with Crippen molar-refractivity contribution in [3.8, 4) is 40.1 Å². The second-order valence-electron chi connectivity index (χ2n) is 7.87. The number of alkyl halides is 2. The summed E-state index contributed by atoms with van der Waals surface area (Å²) in [7, 11) is 0. The molecule has 0 saturated carbocycles. The van der Waals surface area contributed by atoms with Gasteiger partial charge >= 0.3 is 12.6 Å². The summed E-state index contributed by atoms with van der Waals surface area (Å²) in [6.45, 7) is -3.05. The van der Waals surface area contributed by atoms with Gasteiger partial charge in [-0.1, -0.05) is 12.1 Å². The number of hydrogen-bond donors (Lipinski definition) is 3. The first-order valence-electron chi connectivity index (χ1n) is 10.3. The van der Waals surface area contributed by atoms with Gasteiger partial charge in [0.15, 0.2) is 16.9 Å². The van der Waals surface area contributed by atoms with Crippen LogP contribution in [-0.4, -0.2) is 27.9 Å². The summed E-state index contributed by atoms with van der Waals surface area (Å²) >= 11 is 0. The summed E-state index contributed by atoms with van der Waals surface area (Å²) in [5.41, 5.74) is 0.247. The number of benzene rings is 3. The van der Waals surface area contributed by atoms with Crippen molar-refractivity contribution in [3.05, 3.63) is 75.9 Å². The van der Waals surface area contributed by atoms with E-state index in [2.05, 4.69) is 4.74 Å². The number of ether oxygens (including phenoxy) is 2. The van der Waals surface area contributed by atoms with Gasteiger partial charge in [0.1, 0.15) is 34.0 Å². The van der Waals surface area contributed by atoms with Gasteiger partial charge in [-0.25, -0.2) is 0 Å². The number of aromatic hydroxyl groups is 3. The van der Waals surface area contributed by atoms with Gasteiger partial charge in [-0.3, -0.25) is 9.59 Å². The van der Waals surface area contributed by atoms with Crippen LogP contribution in [0.3, 0.4) is 0 Å². The van der Waals surface area contributed by atoms with E-state index in [0.29, 0.717) is 5.56 Å². The van der Waals surface area contributed by atoms with Gasteiger partial charge < -0.3 is 29.2 Å². The van der Waals surface area contributed by atoms with E-state index in [1.165, 1.54) is 36.4 Å². The second kappa shape index (κ2) is 8.32. The maximum absolute atomic E-state index is 13.0. The second-order valence-corrected chi connectivity index (χ2v) is 7.87. The Morgan fingerprint density at radius 3 is 2.49 bits per heavy atom. The summed E-state index contributed by atoms with van der Waals surface area (Å²) in [5.74, 6) is -2.86. The number of esters is 1. The third kappa shape index (κ3) is 3.99. The van der Waals surface area contributed by atoms with Gasteiger partial charge in [0.25, 0.3) is 0 Å². The van der Waals surface area contributed by atoms with Gasteiger partial charge in [-0.15, -0.1) is 0 Å². The molecule has 0 aliphatic carbocycles. The summed E-state index contributed by atoms with van der Waals surface area (Å²) in [6.07, 6.45) is -0.195. The molecule has 0 spiro atoms. The summed E-state index contributed by atoms with van der Waals surface area (Å²) in [4.78, 5) is 25.3. The molecule has 0 bridgehead atoms. The molecular formula is C25H16F2O8. The maximum atomic E-state index is 13.0. The molecular weight excluding hydrogens is 466 g/mol. The Morgan fingerprint density at radius 1 is 0.943 bits per heavy atom. The Labute approximate surface area is 195 Å². The lowest BCUT2D eigenvalue weighted by molar-refractivity contribution is -0.135. The van der Waals surface area contributed by atoms with Gasteiger partial charge in [-0.05, 0) is 35.9 Å². The normalized spacial score (nSPS) is 15.2. The molecule has 178 valence electrons. The molecule has 0 unspecified atom stereocenters. The number of hydrogen-bond acceptors (Lipinski definition) is 8. The average Bonchev–Trinajstić information content (AvgIpc) is 2.79. The van der Waals surface area contributed by atoms with Crippen molar-refractivity contribution in [1.29, 1.82) is 0 Å². The number of carbonyl (C=O) groups is 1. The fourth-order valence-corrected chi connectivity index (χ4v) is 4.17. The quantitative estimate of drug-likeness (QED) is 0.219. The third-order valence-electron chi connectivity index (χ3n) is 5.67. The van der Waals surface area contributed by atoms with E-state index < -0.39 is 35.4 Å². The molecule has 4 aromatic rings. The first kappa shape index (κ1) is 22.2. The smallest absolute Gasteiger partial charge is 0.387 e. The van der Waals surface area contributed by atoms with E-state index >= 15 is 0 Å². The summed E-state index contributed by atoms with van der Waals surface area (Å²) in [5, 5.41) is 29.8. The van der Waals surface area contributed by atoms with E-state index in [4.69, 9.17) is 9.15 Å². The van der Waals surface area contributed by atoms with Crippen LogP contribution in [0, 0.1) is 0 Å². The van der Waals surface area contributed by atoms with E-state index in [1.807, 2.05) is 0 Å². The molecule has 1 aromatic heterocycles. The zero-order chi connectivity index (χ0) is 24.9. The molecule has 8 nitrogen and oxygen atoms in total. The number of halogens is 2. The van der Waals surface area contributed by atoms with Crippen LogP contribution in [-0.2, 0) is 4.79 Å². The average molecular weight is 482 g/mol. The molecule has 3 aromatic carbocycles. The van der Waals surface area contributed by atoms with Crippen LogP contribution in [0.1, 0.15) is 23.5 Å². The van der Waals surface area contributed by atoms with Crippen LogP contribution in [0.5, 0.6) is 28.7 Å². The fourth-order valence-electron chi connectivity index (χ4n) is 4.17. The molecule has 0 radical (unpaired) electrons. The molecule has 3 N–H and O–H groups in total. The molecule has 35 heavy (non-hydrogen) atoms. The Hall–Kier alpha value is -4.60. The fraction of sp³-hybridized carbons (Fsp3) is 0.120. The lowest BCUT2D eigenvalue weighted by Crippen LogP contribution is -2.22. The van der Waals surface area contributed by atoms with Gasteiger partial charge in [0.2, 0.25) is 0 Å². The Kier molecular flexibility index (Phi) is 5.28. The Bertz CT molecular complexity index is 1540. The number of rotatable bonds is 4. The molecule has 2 heterocycles. The lowest BCUT2D eigenvalue weighted by atomic mass is 9.85. The van der Waals surface area contributed by atoms with Crippen molar-refractivity contribution in [2.45, 2.75) is 19.0 Å². The summed E-state index contributed by atoms with van der Waals surface area (Å²) < 4.78 is 41.3. The monoisotopic (exact) mass is 482 g/mol. The van der Waals surface area contributed by atoms with Gasteiger partial charge in [-0.2, -0.15) is 8.78 Å². The number of phenols is 3. The van der Waals surface area contributed by atoms with Crippen LogP contribution in [0.15, 0.2) is 63.8 Å². The van der Waals surface area contributed by atoms with E-state index in [1.54, 1.807) is 6.07 Å². The molecule has 5 rings (SSSR count). The minimum Gasteiger partial charge on any atom is -0.507 e. The van der Waals surface area contributed by atoms with E-state index in [9.17, 15) is 33.7 Å². The minimum absolute atomic E-state index is 0.0102. The van der Waals surface area contributed by atoms with Crippen molar-refractivity contribution in [3.63, 3.8) is 0 Å². The Balaban J connectivity index is 1.76. The highest BCUT2D eigenvalue weighted by Gasteiger charge is 2.34. The van der Waals surface area contributed by atoms with E-state index in [0.717, 1.165) is 12.1 Å². The van der Waals surface area contributed by atoms with Crippen molar-refractivity contribution in [2.75, 3.05) is 0 Å². The highest BCUT2D eigenvalue weighted by molar-refractivity contribution is 5.93. The standard InChI is InChI=1S/C25H16F2O8/c26-25(27)33-13-3-1-2-11(6-13)14-8-21(32)34-20-10-18(31)23-17(30)9-19(35-24(23)22(14)20)12-4-5-15(28)16(29)7-12/h1-7,9-10,14,25,28-29,31H,8H2/t14-/m0/s1. The topological polar surface area (TPSA) is 126 Å². The molecule has 0 amide bonds. The molecule has 0 fully saturated rings. The zero-order valence-electron chi connectivity index (χ0n) is 17.7. The van der Waals surface area contributed by atoms with Crippen molar-refractivity contribution < 1.29 is 42.8 Å². The third-order valence-corrected chi connectivity index (χ3v) is 5.67. The predicted octanol–water partition coefficient (Wildman–Crippen LogP) is 4.62. The maximum Gasteiger partial charge on any atom is 0.387 e. The first-order valence-corrected chi connectivity index (χ1v) is 10.3. The number of fused-ring (bicyclic) bond motifs is 3. The van der Waals surface area contributed by atoms with Crippen molar-refractivity contribution in [2.24, 2.45) is 0 Å². The van der Waals surface area contributed by atoms with Crippen LogP contribution in [0.25, 0.3) is 22.3 Å². The highest BCUT2D eigenvalue weighted by Crippen LogP contribution is 2.46. The Morgan fingerprint density at radius 2 is 1.74 bits per heavy atom. The van der Waals surface area contributed by atoms with Crippen LogP contribution in [0.4, 0.5) is 8.78 Å². The highest BCUT2D eigenvalue weighted by atomic mass is 19.3. The van der Waals surface area contributed by atoms with Crippen molar-refractivity contribution in [1.82, 2.24) is 0 Å². The molecule has 1 aliphatic heterocycles.